The molecule has 0 saturated carbocycles. The zero-order valence-corrected chi connectivity index (χ0v) is 14.1. The average molecular weight is 300 g/mol. The lowest BCUT2D eigenvalue weighted by Gasteiger charge is -2.27. The molecule has 1 aliphatic rings. The maximum atomic E-state index is 5.46. The van der Waals surface area contributed by atoms with Crippen molar-refractivity contribution < 1.29 is 4.74 Å². The second kappa shape index (κ2) is 6.84. The van der Waals surface area contributed by atoms with Crippen molar-refractivity contribution in [1.29, 1.82) is 0 Å². The molecule has 3 heteroatoms. The molecule has 0 radical (unpaired) electrons. The van der Waals surface area contributed by atoms with Gasteiger partial charge in [-0.2, -0.15) is 0 Å². The van der Waals surface area contributed by atoms with Crippen LogP contribution in [0.2, 0.25) is 0 Å². The van der Waals surface area contributed by atoms with Crippen LogP contribution in [0.1, 0.15) is 43.9 Å². The Morgan fingerprint density at radius 2 is 2.05 bits per heavy atom. The van der Waals surface area contributed by atoms with E-state index in [-0.39, 0.29) is 0 Å². The summed E-state index contributed by atoms with van der Waals surface area (Å²) in [6, 6.07) is 8.95. The Bertz CT molecular complexity index is 611. The fourth-order valence-corrected chi connectivity index (χ4v) is 3.41. The monoisotopic (exact) mass is 300 g/mol. The van der Waals surface area contributed by atoms with Crippen molar-refractivity contribution in [3.63, 3.8) is 0 Å². The second-order valence-corrected chi connectivity index (χ2v) is 7.01. The third kappa shape index (κ3) is 3.53. The van der Waals surface area contributed by atoms with E-state index in [2.05, 4.69) is 55.0 Å². The Balaban J connectivity index is 1.72. The van der Waals surface area contributed by atoms with Gasteiger partial charge in [0, 0.05) is 42.9 Å². The average Bonchev–Trinajstić information content (AvgIpc) is 2.93. The maximum Gasteiger partial charge on any atom is 0.0469 e. The number of aromatic amines is 1. The molecule has 1 aromatic carbocycles. The zero-order chi connectivity index (χ0) is 15.5. The lowest BCUT2D eigenvalue weighted by atomic mass is 9.99. The summed E-state index contributed by atoms with van der Waals surface area (Å²) in [5, 5.41) is 1.38. The van der Waals surface area contributed by atoms with E-state index in [1.165, 1.54) is 41.5 Å². The highest BCUT2D eigenvalue weighted by Gasteiger charge is 2.16. The van der Waals surface area contributed by atoms with Gasteiger partial charge in [-0.3, -0.25) is 0 Å². The summed E-state index contributed by atoms with van der Waals surface area (Å²) in [6.45, 7) is 8.53. The Kier molecular flexibility index (Phi) is 4.84. The number of nitrogens with zero attached hydrogens (tertiary/aromatic N) is 1. The third-order valence-corrected chi connectivity index (χ3v) is 4.75. The van der Waals surface area contributed by atoms with Gasteiger partial charge in [0.05, 0.1) is 0 Å². The highest BCUT2D eigenvalue weighted by atomic mass is 16.5. The minimum atomic E-state index is 0.542. The van der Waals surface area contributed by atoms with Crippen molar-refractivity contribution in [3.05, 3.63) is 35.5 Å². The van der Waals surface area contributed by atoms with Crippen LogP contribution < -0.4 is 0 Å². The van der Waals surface area contributed by atoms with Crippen LogP contribution in [-0.4, -0.2) is 36.7 Å². The van der Waals surface area contributed by atoms with Crippen molar-refractivity contribution >= 4 is 10.9 Å². The molecule has 1 aromatic heterocycles. The van der Waals surface area contributed by atoms with Crippen molar-refractivity contribution in [2.45, 2.75) is 39.2 Å². The van der Waals surface area contributed by atoms with E-state index in [1.807, 2.05) is 0 Å². The van der Waals surface area contributed by atoms with Gasteiger partial charge in [-0.15, -0.1) is 0 Å². The van der Waals surface area contributed by atoms with Crippen molar-refractivity contribution in [2.75, 3.05) is 26.8 Å². The maximum absolute atomic E-state index is 5.46. The summed E-state index contributed by atoms with van der Waals surface area (Å²) in [7, 11) is 2.24. The molecule has 22 heavy (non-hydrogen) atoms. The number of hydrogen-bond acceptors (Lipinski definition) is 2. The molecular weight excluding hydrogens is 272 g/mol. The first-order valence-corrected chi connectivity index (χ1v) is 8.50. The molecule has 0 unspecified atom stereocenters. The van der Waals surface area contributed by atoms with Gasteiger partial charge in [0.2, 0.25) is 0 Å². The van der Waals surface area contributed by atoms with Gasteiger partial charge >= 0.3 is 0 Å². The standard InChI is InChI=1S/C19H28N2O/c1-14(2)19-11-17-16(5-4-6-18(17)20-19)13-21(3)12-15-7-9-22-10-8-15/h4-6,11,14-15,20H,7-10,12-13H2,1-3H3. The Morgan fingerprint density at radius 1 is 1.27 bits per heavy atom. The van der Waals surface area contributed by atoms with Gasteiger partial charge in [0.25, 0.3) is 0 Å². The molecule has 1 saturated heterocycles. The van der Waals surface area contributed by atoms with Crippen molar-refractivity contribution in [2.24, 2.45) is 5.92 Å². The quantitative estimate of drug-likeness (QED) is 0.898. The molecule has 2 aromatic rings. The van der Waals surface area contributed by atoms with E-state index in [1.54, 1.807) is 0 Å². The molecule has 3 rings (SSSR count). The van der Waals surface area contributed by atoms with Crippen molar-refractivity contribution in [1.82, 2.24) is 9.88 Å². The van der Waals surface area contributed by atoms with E-state index in [0.717, 1.165) is 25.7 Å². The summed E-state index contributed by atoms with van der Waals surface area (Å²) >= 11 is 0. The smallest absolute Gasteiger partial charge is 0.0469 e. The molecule has 0 bridgehead atoms. The Hall–Kier alpha value is -1.32. The number of fused-ring (bicyclic) bond motifs is 1. The molecule has 1 fully saturated rings. The summed E-state index contributed by atoms with van der Waals surface area (Å²) < 4.78 is 5.46. The van der Waals surface area contributed by atoms with Crippen molar-refractivity contribution in [3.8, 4) is 0 Å². The van der Waals surface area contributed by atoms with E-state index >= 15 is 0 Å². The number of benzene rings is 1. The predicted octanol–water partition coefficient (Wildman–Crippen LogP) is 4.15. The summed E-state index contributed by atoms with van der Waals surface area (Å²) in [5.41, 5.74) is 4.02. The van der Waals surface area contributed by atoms with Gasteiger partial charge in [0.1, 0.15) is 0 Å². The molecule has 0 atom stereocenters. The normalized spacial score (nSPS) is 17.0. The Morgan fingerprint density at radius 3 is 2.77 bits per heavy atom. The van der Waals surface area contributed by atoms with Crippen LogP contribution in [0.25, 0.3) is 10.9 Å². The summed E-state index contributed by atoms with van der Waals surface area (Å²) in [5.74, 6) is 1.33. The lowest BCUT2D eigenvalue weighted by Crippen LogP contribution is -2.29. The number of H-pyrrole nitrogens is 1. The molecule has 0 aliphatic carbocycles. The van der Waals surface area contributed by atoms with Crippen LogP contribution in [0.3, 0.4) is 0 Å². The number of aromatic nitrogens is 1. The van der Waals surface area contributed by atoms with Gasteiger partial charge in [-0.25, -0.2) is 0 Å². The van der Waals surface area contributed by atoms with Crippen LogP contribution in [0.5, 0.6) is 0 Å². The van der Waals surface area contributed by atoms with Crippen LogP contribution in [-0.2, 0) is 11.3 Å². The second-order valence-electron chi connectivity index (χ2n) is 7.01. The van der Waals surface area contributed by atoms with Gasteiger partial charge in [0.15, 0.2) is 0 Å². The van der Waals surface area contributed by atoms with Gasteiger partial charge < -0.3 is 14.6 Å². The first-order chi connectivity index (χ1) is 10.6. The van der Waals surface area contributed by atoms with E-state index in [9.17, 15) is 0 Å². The number of hydrogen-bond donors (Lipinski definition) is 1. The van der Waals surface area contributed by atoms with E-state index in [4.69, 9.17) is 4.74 Å². The molecule has 0 spiro atoms. The molecule has 3 nitrogen and oxygen atoms in total. The lowest BCUT2D eigenvalue weighted by molar-refractivity contribution is 0.0550. The van der Waals surface area contributed by atoms with Gasteiger partial charge in [-0.05, 0) is 49.4 Å². The largest absolute Gasteiger partial charge is 0.381 e. The SMILES string of the molecule is CC(C)c1cc2c(CN(C)CC3CCOCC3)cccc2[nH]1. The zero-order valence-electron chi connectivity index (χ0n) is 14.1. The van der Waals surface area contributed by atoms with Crippen LogP contribution >= 0.6 is 0 Å². The molecule has 1 aliphatic heterocycles. The minimum absolute atomic E-state index is 0.542. The van der Waals surface area contributed by atoms with E-state index < -0.39 is 0 Å². The molecule has 2 heterocycles. The predicted molar refractivity (Wildman–Crippen MR) is 92.3 cm³/mol. The number of nitrogens with one attached hydrogen (secondary N) is 1. The highest BCUT2D eigenvalue weighted by molar-refractivity contribution is 5.84. The molecule has 0 amide bonds. The minimum Gasteiger partial charge on any atom is -0.381 e. The fourth-order valence-electron chi connectivity index (χ4n) is 3.41. The fraction of sp³-hybridized carbons (Fsp3) is 0.579. The first kappa shape index (κ1) is 15.6. The van der Waals surface area contributed by atoms with Crippen LogP contribution in [0.15, 0.2) is 24.3 Å². The summed E-state index contributed by atoms with van der Waals surface area (Å²) in [4.78, 5) is 6.02. The topological polar surface area (TPSA) is 28.3 Å². The van der Waals surface area contributed by atoms with Gasteiger partial charge in [-0.1, -0.05) is 26.0 Å². The van der Waals surface area contributed by atoms with E-state index in [0.29, 0.717) is 5.92 Å². The highest BCUT2D eigenvalue weighted by Crippen LogP contribution is 2.25. The third-order valence-electron chi connectivity index (χ3n) is 4.75. The summed E-state index contributed by atoms with van der Waals surface area (Å²) in [6.07, 6.45) is 2.41. The van der Waals surface area contributed by atoms with Crippen LogP contribution in [0, 0.1) is 5.92 Å². The number of ether oxygens (including phenoxy) is 1. The Labute approximate surface area is 133 Å². The molecular formula is C19H28N2O. The molecule has 120 valence electrons. The number of rotatable bonds is 5. The van der Waals surface area contributed by atoms with Crippen LogP contribution in [0.4, 0.5) is 0 Å². The first-order valence-electron chi connectivity index (χ1n) is 8.50. The molecule has 1 N–H and O–H groups in total.